The zero-order valence-corrected chi connectivity index (χ0v) is 20.1. The molecule has 0 aromatic heterocycles. The number of nitrogens with zero attached hydrogens (tertiary/aromatic N) is 2. The fourth-order valence-corrected chi connectivity index (χ4v) is 4.53. The number of hydrogen-bond acceptors (Lipinski definition) is 4. The second-order valence-electron chi connectivity index (χ2n) is 7.70. The lowest BCUT2D eigenvalue weighted by molar-refractivity contribution is -0.139. The number of nitrogens with one attached hydrogen (secondary N) is 1. The summed E-state index contributed by atoms with van der Waals surface area (Å²) in [6.45, 7) is 5.87. The number of hydrogen-bond donors (Lipinski definition) is 1. The molecule has 0 aliphatic heterocycles. The minimum Gasteiger partial charge on any atom is -0.355 e. The van der Waals surface area contributed by atoms with Gasteiger partial charge in [0.1, 0.15) is 12.6 Å². The summed E-state index contributed by atoms with van der Waals surface area (Å²) in [5, 5.41) is 2.79. The highest BCUT2D eigenvalue weighted by atomic mass is 32.2. The second kappa shape index (κ2) is 11.7. The molecule has 7 nitrogen and oxygen atoms in total. The molecule has 8 heteroatoms. The van der Waals surface area contributed by atoms with E-state index >= 15 is 0 Å². The van der Waals surface area contributed by atoms with Gasteiger partial charge in [0, 0.05) is 13.1 Å². The number of para-hydroxylation sites is 1. The molecule has 0 heterocycles. The molecule has 1 unspecified atom stereocenters. The van der Waals surface area contributed by atoms with Crippen LogP contribution in [-0.4, -0.2) is 57.1 Å². The Morgan fingerprint density at radius 1 is 1.00 bits per heavy atom. The number of rotatable bonds is 11. The standard InChI is InChI=1S/C24H33N3O4S/c1-5-21(24(29)25-6-2)26(17-16-20-13-8-7-9-14-20)23(28)18-27(32(4,30)31)22-15-11-10-12-19(22)3/h7-15,21H,5-6,16-18H2,1-4H3,(H,25,29). The first-order valence-corrected chi connectivity index (χ1v) is 12.7. The average molecular weight is 460 g/mol. The van der Waals surface area contributed by atoms with Crippen molar-refractivity contribution in [1.29, 1.82) is 0 Å². The van der Waals surface area contributed by atoms with Crippen LogP contribution in [-0.2, 0) is 26.0 Å². The highest BCUT2D eigenvalue weighted by molar-refractivity contribution is 7.92. The molecule has 0 spiro atoms. The second-order valence-corrected chi connectivity index (χ2v) is 9.60. The molecule has 2 aromatic rings. The van der Waals surface area contributed by atoms with Crippen molar-refractivity contribution in [3.05, 3.63) is 65.7 Å². The van der Waals surface area contributed by atoms with E-state index in [4.69, 9.17) is 0 Å². The normalized spacial score (nSPS) is 12.1. The summed E-state index contributed by atoms with van der Waals surface area (Å²) in [4.78, 5) is 27.7. The van der Waals surface area contributed by atoms with Gasteiger partial charge in [-0.15, -0.1) is 0 Å². The van der Waals surface area contributed by atoms with Crippen molar-refractivity contribution in [2.75, 3.05) is 30.2 Å². The molecule has 0 saturated heterocycles. The van der Waals surface area contributed by atoms with Crippen LogP contribution < -0.4 is 9.62 Å². The van der Waals surface area contributed by atoms with Crippen LogP contribution in [0.4, 0.5) is 5.69 Å². The molecule has 0 bridgehead atoms. The van der Waals surface area contributed by atoms with Crippen molar-refractivity contribution in [1.82, 2.24) is 10.2 Å². The third-order valence-corrected chi connectivity index (χ3v) is 6.41. The predicted molar refractivity (Wildman–Crippen MR) is 128 cm³/mol. The minimum absolute atomic E-state index is 0.238. The molecule has 1 atom stereocenters. The van der Waals surface area contributed by atoms with Gasteiger partial charge in [-0.25, -0.2) is 8.42 Å². The first-order valence-electron chi connectivity index (χ1n) is 10.8. The summed E-state index contributed by atoms with van der Waals surface area (Å²) >= 11 is 0. The Kier molecular flexibility index (Phi) is 9.26. The summed E-state index contributed by atoms with van der Waals surface area (Å²) in [7, 11) is -3.71. The fourth-order valence-electron chi connectivity index (χ4n) is 3.63. The van der Waals surface area contributed by atoms with Gasteiger partial charge in [-0.05, 0) is 43.9 Å². The van der Waals surface area contributed by atoms with Crippen molar-refractivity contribution >= 4 is 27.5 Å². The molecule has 0 fully saturated rings. The molecule has 1 N–H and O–H groups in total. The Labute approximate surface area is 191 Å². The Morgan fingerprint density at radius 3 is 2.19 bits per heavy atom. The summed E-state index contributed by atoms with van der Waals surface area (Å²) in [6, 6.07) is 16.0. The van der Waals surface area contributed by atoms with Crippen molar-refractivity contribution in [3.8, 4) is 0 Å². The van der Waals surface area contributed by atoms with Crippen molar-refractivity contribution < 1.29 is 18.0 Å². The van der Waals surface area contributed by atoms with Crippen LogP contribution >= 0.6 is 0 Å². The molecule has 2 rings (SSSR count). The van der Waals surface area contributed by atoms with Gasteiger partial charge in [0.25, 0.3) is 0 Å². The van der Waals surface area contributed by atoms with Gasteiger partial charge in [0.2, 0.25) is 21.8 Å². The molecule has 0 aliphatic carbocycles. The lowest BCUT2D eigenvalue weighted by Gasteiger charge is -2.33. The summed E-state index contributed by atoms with van der Waals surface area (Å²) < 4.78 is 26.3. The Hall–Kier alpha value is -2.87. The van der Waals surface area contributed by atoms with E-state index in [1.54, 1.807) is 25.1 Å². The van der Waals surface area contributed by atoms with Gasteiger partial charge in [-0.2, -0.15) is 0 Å². The van der Waals surface area contributed by atoms with Crippen LogP contribution in [0.3, 0.4) is 0 Å². The predicted octanol–water partition coefficient (Wildman–Crippen LogP) is 2.75. The number of likely N-dealkylation sites (N-methyl/N-ethyl adjacent to an activating group) is 1. The van der Waals surface area contributed by atoms with Crippen molar-refractivity contribution in [3.63, 3.8) is 0 Å². The van der Waals surface area contributed by atoms with E-state index in [1.807, 2.05) is 50.2 Å². The molecule has 174 valence electrons. The third kappa shape index (κ3) is 6.82. The molecule has 0 saturated carbocycles. The van der Waals surface area contributed by atoms with Gasteiger partial charge in [0.15, 0.2) is 0 Å². The first kappa shape index (κ1) is 25.4. The Bertz CT molecular complexity index is 1010. The maximum Gasteiger partial charge on any atom is 0.244 e. The quantitative estimate of drug-likeness (QED) is 0.560. The number of aryl methyl sites for hydroxylation is 1. The Balaban J connectivity index is 2.35. The van der Waals surface area contributed by atoms with Crippen LogP contribution in [0.15, 0.2) is 54.6 Å². The van der Waals surface area contributed by atoms with E-state index in [0.717, 1.165) is 21.7 Å². The molecule has 32 heavy (non-hydrogen) atoms. The molecule has 2 aromatic carbocycles. The molecular formula is C24H33N3O4S. The zero-order valence-electron chi connectivity index (χ0n) is 19.2. The summed E-state index contributed by atoms with van der Waals surface area (Å²) in [5.74, 6) is -0.647. The van der Waals surface area contributed by atoms with Gasteiger partial charge < -0.3 is 10.2 Å². The van der Waals surface area contributed by atoms with Gasteiger partial charge in [-0.3, -0.25) is 13.9 Å². The van der Waals surface area contributed by atoms with Crippen LogP contribution in [0.2, 0.25) is 0 Å². The number of amides is 2. The lowest BCUT2D eigenvalue weighted by atomic mass is 10.1. The summed E-state index contributed by atoms with van der Waals surface area (Å²) in [5.41, 5.74) is 2.24. The smallest absolute Gasteiger partial charge is 0.244 e. The zero-order chi connectivity index (χ0) is 23.7. The van der Waals surface area contributed by atoms with Crippen LogP contribution in [0.5, 0.6) is 0 Å². The van der Waals surface area contributed by atoms with Gasteiger partial charge in [0.05, 0.1) is 11.9 Å². The third-order valence-electron chi connectivity index (χ3n) is 5.28. The minimum atomic E-state index is -3.71. The van der Waals surface area contributed by atoms with Crippen LogP contribution in [0.25, 0.3) is 0 Å². The first-order chi connectivity index (χ1) is 15.2. The van der Waals surface area contributed by atoms with E-state index in [0.29, 0.717) is 31.6 Å². The van der Waals surface area contributed by atoms with Gasteiger partial charge in [-0.1, -0.05) is 55.5 Å². The molecule has 0 aliphatic rings. The van der Waals surface area contributed by atoms with E-state index < -0.39 is 22.0 Å². The fraction of sp³-hybridized carbons (Fsp3) is 0.417. The van der Waals surface area contributed by atoms with E-state index in [2.05, 4.69) is 5.32 Å². The largest absolute Gasteiger partial charge is 0.355 e. The van der Waals surface area contributed by atoms with Crippen molar-refractivity contribution in [2.24, 2.45) is 0 Å². The SMILES string of the molecule is CCNC(=O)C(CC)N(CCc1ccccc1)C(=O)CN(c1ccccc1C)S(C)(=O)=O. The average Bonchev–Trinajstić information content (AvgIpc) is 2.75. The molecule has 0 radical (unpaired) electrons. The van der Waals surface area contributed by atoms with Crippen molar-refractivity contribution in [2.45, 2.75) is 39.7 Å². The topological polar surface area (TPSA) is 86.8 Å². The van der Waals surface area contributed by atoms with E-state index in [9.17, 15) is 18.0 Å². The van der Waals surface area contributed by atoms with Crippen LogP contribution in [0.1, 0.15) is 31.4 Å². The highest BCUT2D eigenvalue weighted by Crippen LogP contribution is 2.22. The number of carbonyl (C=O) groups is 2. The molecule has 2 amide bonds. The summed E-state index contributed by atoms with van der Waals surface area (Å²) in [6.07, 6.45) is 2.07. The number of anilines is 1. The number of sulfonamides is 1. The number of carbonyl (C=O) groups excluding carboxylic acids is 2. The number of benzene rings is 2. The maximum absolute atomic E-state index is 13.5. The Morgan fingerprint density at radius 2 is 1.62 bits per heavy atom. The van der Waals surface area contributed by atoms with E-state index in [-0.39, 0.29) is 12.5 Å². The monoisotopic (exact) mass is 459 g/mol. The van der Waals surface area contributed by atoms with E-state index in [1.165, 1.54) is 4.90 Å². The maximum atomic E-state index is 13.5. The van der Waals surface area contributed by atoms with Crippen LogP contribution in [0, 0.1) is 6.92 Å². The van der Waals surface area contributed by atoms with Gasteiger partial charge >= 0.3 is 0 Å². The molecular weight excluding hydrogens is 426 g/mol. The highest BCUT2D eigenvalue weighted by Gasteiger charge is 2.31. The lowest BCUT2D eigenvalue weighted by Crippen LogP contribution is -2.53.